The van der Waals surface area contributed by atoms with Crippen molar-refractivity contribution in [1.29, 1.82) is 5.26 Å². The maximum atomic E-state index is 11.4. The average Bonchev–Trinajstić information content (AvgIpc) is 3.46. The number of nitrogens with zero attached hydrogens (tertiary/aromatic N) is 2. The lowest BCUT2D eigenvalue weighted by atomic mass is 10.1. The van der Waals surface area contributed by atoms with Crippen LogP contribution in [0, 0.1) is 11.3 Å². The molecule has 0 saturated heterocycles. The molecule has 7 heteroatoms. The molecule has 0 aliphatic rings. The third-order valence-electron chi connectivity index (χ3n) is 6.17. The van der Waals surface area contributed by atoms with Gasteiger partial charge in [0.2, 0.25) is 0 Å². The predicted molar refractivity (Wildman–Crippen MR) is 165 cm³/mol. The summed E-state index contributed by atoms with van der Waals surface area (Å²) < 4.78 is 11.4. The van der Waals surface area contributed by atoms with E-state index in [0.717, 1.165) is 37.9 Å². The lowest BCUT2D eigenvalue weighted by Crippen LogP contribution is -2.09. The normalized spacial score (nSPS) is 11.9. The molecule has 1 aromatic heterocycles. The first-order chi connectivity index (χ1) is 19.4. The summed E-state index contributed by atoms with van der Waals surface area (Å²) >= 11 is 1.65. The van der Waals surface area contributed by atoms with E-state index in [-0.39, 0.29) is 0 Å². The standard InChI is InChI=1S/C33H25N2O3PS/c34-24-31(39(36,37)38)23-26-11-16-27(17-12-26)33-22-21-32(40-33)20-15-25-13-18-30(19-14-25)35(28-7-3-1-4-8-28)29-9-5-2-6-10-29/h1-23H,(H2,36,37,38). The summed E-state index contributed by atoms with van der Waals surface area (Å²) in [6.45, 7) is 0. The Morgan fingerprint density at radius 1 is 0.700 bits per heavy atom. The van der Waals surface area contributed by atoms with Gasteiger partial charge >= 0.3 is 7.60 Å². The van der Waals surface area contributed by atoms with Crippen molar-refractivity contribution in [3.63, 3.8) is 0 Å². The molecular formula is C33H25N2O3PS. The van der Waals surface area contributed by atoms with E-state index in [1.165, 1.54) is 6.08 Å². The zero-order valence-corrected chi connectivity index (χ0v) is 23.0. The van der Waals surface area contributed by atoms with Gasteiger partial charge in [-0.3, -0.25) is 4.57 Å². The van der Waals surface area contributed by atoms with Gasteiger partial charge in [-0.1, -0.05) is 78.9 Å². The van der Waals surface area contributed by atoms with E-state index in [9.17, 15) is 14.4 Å². The number of allylic oxidation sites excluding steroid dienone is 1. The number of nitriles is 1. The second-order valence-electron chi connectivity index (χ2n) is 8.94. The van der Waals surface area contributed by atoms with Gasteiger partial charge in [0.25, 0.3) is 0 Å². The molecule has 0 bridgehead atoms. The maximum Gasteiger partial charge on any atom is 0.366 e. The van der Waals surface area contributed by atoms with Crippen LogP contribution in [0.4, 0.5) is 17.1 Å². The highest BCUT2D eigenvalue weighted by Gasteiger charge is 2.20. The van der Waals surface area contributed by atoms with Gasteiger partial charge in [0.15, 0.2) is 0 Å². The molecule has 0 atom stereocenters. The molecule has 0 saturated carbocycles. The largest absolute Gasteiger partial charge is 0.366 e. The van der Waals surface area contributed by atoms with Crippen LogP contribution in [0.3, 0.4) is 0 Å². The zero-order chi connectivity index (χ0) is 28.0. The SMILES string of the molecule is N#CC(=Cc1ccc(-c2ccc(C=Cc3ccc(N(c4ccccc4)c4ccccc4)cc3)s2)cc1)P(=O)(O)O. The van der Waals surface area contributed by atoms with Gasteiger partial charge in [-0.15, -0.1) is 11.3 Å². The number of hydrogen-bond acceptors (Lipinski definition) is 4. The minimum atomic E-state index is -4.59. The molecule has 0 unspecified atom stereocenters. The Hall–Kier alpha value is -4.50. The van der Waals surface area contributed by atoms with E-state index in [4.69, 9.17) is 5.26 Å². The summed E-state index contributed by atoms with van der Waals surface area (Å²) in [5, 5.41) is 8.45. The van der Waals surface area contributed by atoms with Crippen LogP contribution in [0.1, 0.15) is 16.0 Å². The quantitative estimate of drug-likeness (QED) is 0.146. The fourth-order valence-corrected chi connectivity index (χ4v) is 5.56. The molecule has 0 fully saturated rings. The van der Waals surface area contributed by atoms with E-state index < -0.39 is 12.9 Å². The van der Waals surface area contributed by atoms with Crippen LogP contribution in [0.2, 0.25) is 0 Å². The van der Waals surface area contributed by atoms with E-state index in [1.807, 2.05) is 54.6 Å². The van der Waals surface area contributed by atoms with Gasteiger partial charge < -0.3 is 14.7 Å². The Kier molecular flexibility index (Phi) is 8.21. The molecule has 0 radical (unpaired) electrons. The number of rotatable bonds is 8. The molecule has 196 valence electrons. The van der Waals surface area contributed by atoms with Gasteiger partial charge in [0, 0.05) is 26.8 Å². The fourth-order valence-electron chi connectivity index (χ4n) is 4.19. The first-order valence-corrected chi connectivity index (χ1v) is 14.9. The first kappa shape index (κ1) is 27.1. The van der Waals surface area contributed by atoms with Crippen molar-refractivity contribution in [2.45, 2.75) is 0 Å². The van der Waals surface area contributed by atoms with Gasteiger partial charge in [-0.2, -0.15) is 5.26 Å². The van der Waals surface area contributed by atoms with Crippen molar-refractivity contribution in [2.24, 2.45) is 0 Å². The van der Waals surface area contributed by atoms with Crippen molar-refractivity contribution < 1.29 is 14.4 Å². The van der Waals surface area contributed by atoms with Gasteiger partial charge in [0.05, 0.1) is 0 Å². The smallest absolute Gasteiger partial charge is 0.321 e. The zero-order valence-electron chi connectivity index (χ0n) is 21.3. The van der Waals surface area contributed by atoms with Crippen LogP contribution in [-0.2, 0) is 4.57 Å². The Balaban J connectivity index is 1.31. The highest BCUT2D eigenvalue weighted by Crippen LogP contribution is 2.45. The van der Waals surface area contributed by atoms with E-state index in [1.54, 1.807) is 29.5 Å². The molecule has 0 spiro atoms. The number of anilines is 3. The Morgan fingerprint density at radius 3 is 1.80 bits per heavy atom. The third kappa shape index (κ3) is 6.55. The molecule has 0 aliphatic carbocycles. The molecule has 2 N–H and O–H groups in total. The van der Waals surface area contributed by atoms with Crippen LogP contribution in [0.25, 0.3) is 28.7 Å². The van der Waals surface area contributed by atoms with E-state index in [0.29, 0.717) is 5.56 Å². The first-order valence-electron chi connectivity index (χ1n) is 12.5. The highest BCUT2D eigenvalue weighted by molar-refractivity contribution is 7.57. The van der Waals surface area contributed by atoms with Gasteiger partial charge in [-0.25, -0.2) is 0 Å². The molecule has 4 aromatic carbocycles. The molecule has 40 heavy (non-hydrogen) atoms. The van der Waals surface area contributed by atoms with E-state index >= 15 is 0 Å². The minimum absolute atomic E-state index is 0.551. The predicted octanol–water partition coefficient (Wildman–Crippen LogP) is 9.10. The molecule has 5 aromatic rings. The number of benzene rings is 4. The molecule has 1 heterocycles. The molecule has 0 aliphatic heterocycles. The summed E-state index contributed by atoms with van der Waals surface area (Å²) in [4.78, 5) is 22.9. The number of thiophene rings is 1. The third-order valence-corrected chi connectivity index (χ3v) is 8.13. The van der Waals surface area contributed by atoms with Crippen molar-refractivity contribution >= 4 is 54.2 Å². The lowest BCUT2D eigenvalue weighted by Gasteiger charge is -2.25. The van der Waals surface area contributed by atoms with Crippen LogP contribution in [0.5, 0.6) is 0 Å². The fraction of sp³-hybridized carbons (Fsp3) is 0. The van der Waals surface area contributed by atoms with Crippen LogP contribution < -0.4 is 4.90 Å². The van der Waals surface area contributed by atoms with E-state index in [2.05, 4.69) is 71.6 Å². The molecular weight excluding hydrogens is 535 g/mol. The van der Waals surface area contributed by atoms with Crippen LogP contribution in [-0.4, -0.2) is 9.79 Å². The van der Waals surface area contributed by atoms with Crippen molar-refractivity contribution in [1.82, 2.24) is 0 Å². The Bertz CT molecular complexity index is 1690. The minimum Gasteiger partial charge on any atom is -0.321 e. The van der Waals surface area contributed by atoms with Crippen molar-refractivity contribution in [3.05, 3.63) is 143 Å². The number of hydrogen-bond donors (Lipinski definition) is 2. The summed E-state index contributed by atoms with van der Waals surface area (Å²) in [7, 11) is -4.59. The molecule has 5 nitrogen and oxygen atoms in total. The summed E-state index contributed by atoms with van der Waals surface area (Å²) in [6.07, 6.45) is 5.40. The lowest BCUT2D eigenvalue weighted by molar-refractivity contribution is 0.384. The monoisotopic (exact) mass is 560 g/mol. The van der Waals surface area contributed by atoms with Crippen LogP contribution >= 0.6 is 18.9 Å². The second-order valence-corrected chi connectivity index (χ2v) is 11.6. The van der Waals surface area contributed by atoms with Crippen molar-refractivity contribution in [3.8, 4) is 16.5 Å². The molecule has 5 rings (SSSR count). The second kappa shape index (κ2) is 12.1. The summed E-state index contributed by atoms with van der Waals surface area (Å²) in [5.41, 5.74) is 5.91. The maximum absolute atomic E-state index is 11.4. The van der Waals surface area contributed by atoms with Gasteiger partial charge in [0.1, 0.15) is 11.4 Å². The highest BCUT2D eigenvalue weighted by atomic mass is 32.1. The summed E-state index contributed by atoms with van der Waals surface area (Å²) in [6, 6.07) is 42.0. The Labute approximate surface area is 237 Å². The average molecular weight is 561 g/mol. The topological polar surface area (TPSA) is 84.6 Å². The van der Waals surface area contributed by atoms with Crippen molar-refractivity contribution in [2.75, 3.05) is 4.90 Å². The van der Waals surface area contributed by atoms with Crippen LogP contribution in [0.15, 0.2) is 127 Å². The Morgan fingerprint density at radius 2 is 1.25 bits per heavy atom. The number of para-hydroxylation sites is 2. The van der Waals surface area contributed by atoms with Gasteiger partial charge in [-0.05, 0) is 77.4 Å². The summed E-state index contributed by atoms with van der Waals surface area (Å²) in [5.74, 6) is 0. The molecule has 0 amide bonds.